The number of hydrogen-bond donors (Lipinski definition) is 1. The van der Waals surface area contributed by atoms with E-state index in [4.69, 9.17) is 0 Å². The molecule has 0 radical (unpaired) electrons. The van der Waals surface area contributed by atoms with Gasteiger partial charge < -0.3 is 5.32 Å². The molecule has 1 aromatic heterocycles. The molecular weight excluding hydrogens is 258 g/mol. The molecule has 1 unspecified atom stereocenters. The Morgan fingerprint density at radius 3 is 2.57 bits per heavy atom. The Balaban J connectivity index is 2.65. The van der Waals surface area contributed by atoms with Crippen molar-refractivity contribution in [2.45, 2.75) is 60.0 Å². The number of nitrogens with zero attached hydrogens (tertiary/aromatic N) is 2. The molecule has 0 aliphatic heterocycles. The SMILES string of the molecule is CCCC(C)(CNC(C)C)CN(CC)Cc1ccccn1. The fraction of sp³-hybridized carbons (Fsp3) is 0.722. The molecule has 1 rings (SSSR count). The highest BCUT2D eigenvalue weighted by Gasteiger charge is 2.26. The van der Waals surface area contributed by atoms with Crippen LogP contribution >= 0.6 is 0 Å². The van der Waals surface area contributed by atoms with Crippen LogP contribution in [0.1, 0.15) is 53.2 Å². The summed E-state index contributed by atoms with van der Waals surface area (Å²) in [6.45, 7) is 15.6. The third-order valence-corrected chi connectivity index (χ3v) is 3.95. The first kappa shape index (κ1) is 18.1. The summed E-state index contributed by atoms with van der Waals surface area (Å²) in [5.41, 5.74) is 1.49. The van der Waals surface area contributed by atoms with Gasteiger partial charge in [0.15, 0.2) is 0 Å². The van der Waals surface area contributed by atoms with E-state index in [2.05, 4.69) is 62.0 Å². The maximum absolute atomic E-state index is 4.46. The topological polar surface area (TPSA) is 28.2 Å². The highest BCUT2D eigenvalue weighted by molar-refractivity contribution is 5.03. The molecule has 0 aromatic carbocycles. The zero-order chi connectivity index (χ0) is 15.7. The van der Waals surface area contributed by atoms with Crippen molar-refractivity contribution in [3.05, 3.63) is 30.1 Å². The van der Waals surface area contributed by atoms with Gasteiger partial charge in [-0.2, -0.15) is 0 Å². The van der Waals surface area contributed by atoms with Crippen molar-refractivity contribution in [1.29, 1.82) is 0 Å². The van der Waals surface area contributed by atoms with Gasteiger partial charge in [-0.3, -0.25) is 9.88 Å². The lowest BCUT2D eigenvalue weighted by molar-refractivity contribution is 0.145. The van der Waals surface area contributed by atoms with Crippen molar-refractivity contribution >= 4 is 0 Å². The molecule has 1 atom stereocenters. The van der Waals surface area contributed by atoms with Crippen LogP contribution in [0.4, 0.5) is 0 Å². The van der Waals surface area contributed by atoms with Gasteiger partial charge in [-0.25, -0.2) is 0 Å². The number of aromatic nitrogens is 1. The van der Waals surface area contributed by atoms with Gasteiger partial charge in [0.1, 0.15) is 0 Å². The molecule has 1 aromatic rings. The van der Waals surface area contributed by atoms with Gasteiger partial charge in [0.2, 0.25) is 0 Å². The summed E-state index contributed by atoms with van der Waals surface area (Å²) in [6, 6.07) is 6.72. The summed E-state index contributed by atoms with van der Waals surface area (Å²) in [5.74, 6) is 0. The largest absolute Gasteiger partial charge is 0.314 e. The Kier molecular flexibility index (Phi) is 7.91. The number of rotatable bonds is 10. The Morgan fingerprint density at radius 2 is 2.05 bits per heavy atom. The molecule has 0 fully saturated rings. The molecule has 21 heavy (non-hydrogen) atoms. The van der Waals surface area contributed by atoms with E-state index >= 15 is 0 Å². The fourth-order valence-corrected chi connectivity index (χ4v) is 2.82. The minimum absolute atomic E-state index is 0.323. The molecule has 0 bridgehead atoms. The molecular formula is C18H33N3. The van der Waals surface area contributed by atoms with Crippen molar-refractivity contribution in [3.8, 4) is 0 Å². The highest BCUT2D eigenvalue weighted by atomic mass is 15.1. The molecule has 3 heteroatoms. The molecule has 3 nitrogen and oxygen atoms in total. The van der Waals surface area contributed by atoms with Gasteiger partial charge in [-0.1, -0.05) is 47.1 Å². The maximum Gasteiger partial charge on any atom is 0.0543 e. The summed E-state index contributed by atoms with van der Waals surface area (Å²) in [4.78, 5) is 6.97. The first-order chi connectivity index (χ1) is 9.99. The molecule has 0 aliphatic rings. The van der Waals surface area contributed by atoms with Crippen molar-refractivity contribution in [3.63, 3.8) is 0 Å². The number of pyridine rings is 1. The molecule has 1 heterocycles. The standard InChI is InChI=1S/C18H33N3/c1-6-11-18(5,14-20-16(3)4)15-21(7-2)13-17-10-8-9-12-19-17/h8-10,12,16,20H,6-7,11,13-15H2,1-5H3. The average molecular weight is 291 g/mol. The van der Waals surface area contributed by atoms with Crippen molar-refractivity contribution in [2.24, 2.45) is 5.41 Å². The van der Waals surface area contributed by atoms with Crippen LogP contribution in [0.3, 0.4) is 0 Å². The molecule has 0 amide bonds. The minimum Gasteiger partial charge on any atom is -0.314 e. The maximum atomic E-state index is 4.46. The number of nitrogens with one attached hydrogen (secondary N) is 1. The van der Waals surface area contributed by atoms with Gasteiger partial charge in [0, 0.05) is 31.9 Å². The summed E-state index contributed by atoms with van der Waals surface area (Å²) in [6.07, 6.45) is 4.37. The first-order valence-corrected chi connectivity index (χ1v) is 8.34. The Bertz CT molecular complexity index is 377. The lowest BCUT2D eigenvalue weighted by Gasteiger charge is -2.36. The second kappa shape index (κ2) is 9.16. The van der Waals surface area contributed by atoms with Crippen LogP contribution in [-0.4, -0.2) is 35.6 Å². The minimum atomic E-state index is 0.323. The molecule has 0 aliphatic carbocycles. The van der Waals surface area contributed by atoms with E-state index in [9.17, 15) is 0 Å². The van der Waals surface area contributed by atoms with E-state index < -0.39 is 0 Å². The Morgan fingerprint density at radius 1 is 1.29 bits per heavy atom. The molecule has 0 spiro atoms. The van der Waals surface area contributed by atoms with Crippen LogP contribution < -0.4 is 5.32 Å². The zero-order valence-corrected chi connectivity index (χ0v) is 14.5. The predicted octanol–water partition coefficient (Wildman–Crippen LogP) is 3.71. The summed E-state index contributed by atoms with van der Waals surface area (Å²) in [7, 11) is 0. The van der Waals surface area contributed by atoms with E-state index in [0.717, 1.165) is 31.9 Å². The van der Waals surface area contributed by atoms with Crippen LogP contribution in [0.2, 0.25) is 0 Å². The second-order valence-corrected chi connectivity index (χ2v) is 6.72. The zero-order valence-electron chi connectivity index (χ0n) is 14.5. The lowest BCUT2D eigenvalue weighted by Crippen LogP contribution is -2.43. The fourth-order valence-electron chi connectivity index (χ4n) is 2.82. The smallest absolute Gasteiger partial charge is 0.0543 e. The van der Waals surface area contributed by atoms with E-state index in [1.807, 2.05) is 12.3 Å². The summed E-state index contributed by atoms with van der Waals surface area (Å²) < 4.78 is 0. The number of hydrogen-bond acceptors (Lipinski definition) is 3. The van der Waals surface area contributed by atoms with Crippen molar-refractivity contribution in [1.82, 2.24) is 15.2 Å². The van der Waals surface area contributed by atoms with Gasteiger partial charge in [0.05, 0.1) is 5.69 Å². The van der Waals surface area contributed by atoms with Gasteiger partial charge in [0.25, 0.3) is 0 Å². The molecule has 0 saturated carbocycles. The Labute approximate surface area is 131 Å². The van der Waals surface area contributed by atoms with Gasteiger partial charge >= 0.3 is 0 Å². The first-order valence-electron chi connectivity index (χ1n) is 8.34. The van der Waals surface area contributed by atoms with Crippen molar-refractivity contribution < 1.29 is 0 Å². The van der Waals surface area contributed by atoms with Crippen LogP contribution in [0.5, 0.6) is 0 Å². The second-order valence-electron chi connectivity index (χ2n) is 6.72. The summed E-state index contributed by atoms with van der Waals surface area (Å²) in [5, 5.41) is 3.62. The van der Waals surface area contributed by atoms with Crippen LogP contribution in [-0.2, 0) is 6.54 Å². The molecule has 0 saturated heterocycles. The third kappa shape index (κ3) is 7.05. The quantitative estimate of drug-likeness (QED) is 0.712. The van der Waals surface area contributed by atoms with E-state index in [1.165, 1.54) is 12.8 Å². The molecule has 120 valence electrons. The van der Waals surface area contributed by atoms with E-state index in [-0.39, 0.29) is 0 Å². The normalized spacial score (nSPS) is 14.6. The van der Waals surface area contributed by atoms with Gasteiger partial charge in [-0.15, -0.1) is 0 Å². The predicted molar refractivity (Wildman–Crippen MR) is 91.3 cm³/mol. The van der Waals surface area contributed by atoms with Crippen LogP contribution in [0.15, 0.2) is 24.4 Å². The van der Waals surface area contributed by atoms with Crippen molar-refractivity contribution in [2.75, 3.05) is 19.6 Å². The summed E-state index contributed by atoms with van der Waals surface area (Å²) >= 11 is 0. The van der Waals surface area contributed by atoms with E-state index in [1.54, 1.807) is 0 Å². The van der Waals surface area contributed by atoms with Crippen LogP contribution in [0.25, 0.3) is 0 Å². The monoisotopic (exact) mass is 291 g/mol. The third-order valence-electron chi connectivity index (χ3n) is 3.95. The highest BCUT2D eigenvalue weighted by Crippen LogP contribution is 2.24. The Hall–Kier alpha value is -0.930. The average Bonchev–Trinajstić information content (AvgIpc) is 2.46. The lowest BCUT2D eigenvalue weighted by atomic mass is 9.84. The molecule has 1 N–H and O–H groups in total. The van der Waals surface area contributed by atoms with Crippen LogP contribution in [0, 0.1) is 5.41 Å². The van der Waals surface area contributed by atoms with Gasteiger partial charge in [-0.05, 0) is 30.5 Å². The van der Waals surface area contributed by atoms with E-state index in [0.29, 0.717) is 11.5 Å².